The van der Waals surface area contributed by atoms with Crippen LogP contribution in [0, 0.1) is 5.92 Å². The lowest BCUT2D eigenvalue weighted by atomic mass is 9.92. The van der Waals surface area contributed by atoms with Crippen molar-refractivity contribution in [3.8, 4) is 0 Å². The first-order chi connectivity index (χ1) is 8.24. The number of hydrogen-bond donors (Lipinski definition) is 1. The first kappa shape index (κ1) is 12.8. The molecule has 3 nitrogen and oxygen atoms in total. The molecule has 1 aliphatic heterocycles. The summed E-state index contributed by atoms with van der Waals surface area (Å²) in [7, 11) is 1.97. The Balaban J connectivity index is 2.07. The largest absolute Gasteiger partial charge is 0.345 e. The Hall–Kier alpha value is -0.610. The molecule has 2 unspecified atom stereocenters. The minimum absolute atomic E-state index is 0.645. The molecule has 0 spiro atoms. The van der Waals surface area contributed by atoms with Crippen molar-refractivity contribution in [3.63, 3.8) is 0 Å². The van der Waals surface area contributed by atoms with Crippen molar-refractivity contribution < 1.29 is 0 Å². The highest BCUT2D eigenvalue weighted by Gasteiger charge is 2.26. The zero-order chi connectivity index (χ0) is 12.3. The Labute approximate surface area is 108 Å². The molecule has 1 fully saturated rings. The van der Waals surface area contributed by atoms with Crippen LogP contribution in [-0.4, -0.2) is 24.6 Å². The summed E-state index contributed by atoms with van der Waals surface area (Å²) in [6, 6.07) is 0.645. The van der Waals surface area contributed by atoms with E-state index in [2.05, 4.69) is 29.4 Å². The van der Waals surface area contributed by atoms with Crippen LogP contribution >= 0.6 is 11.3 Å². The summed E-state index contributed by atoms with van der Waals surface area (Å²) in [5.41, 5.74) is 1.17. The monoisotopic (exact) mass is 253 g/mol. The van der Waals surface area contributed by atoms with Crippen molar-refractivity contribution in [1.29, 1.82) is 0 Å². The van der Waals surface area contributed by atoms with Gasteiger partial charge in [0.25, 0.3) is 0 Å². The molecule has 2 atom stereocenters. The molecule has 17 heavy (non-hydrogen) atoms. The van der Waals surface area contributed by atoms with Crippen molar-refractivity contribution in [2.45, 2.75) is 45.7 Å². The van der Waals surface area contributed by atoms with Crippen LogP contribution in [-0.2, 0) is 6.54 Å². The normalized spacial score (nSPS) is 25.2. The fourth-order valence-corrected chi connectivity index (χ4v) is 3.41. The summed E-state index contributed by atoms with van der Waals surface area (Å²) in [6.07, 6.45) is 3.97. The molecule has 2 heterocycles. The average Bonchev–Trinajstić information content (AvgIpc) is 2.79. The average molecular weight is 253 g/mol. The van der Waals surface area contributed by atoms with Crippen LogP contribution < -0.4 is 10.2 Å². The maximum atomic E-state index is 4.72. The van der Waals surface area contributed by atoms with Gasteiger partial charge in [0.15, 0.2) is 5.13 Å². The number of nitrogens with one attached hydrogen (secondary N) is 1. The lowest BCUT2D eigenvalue weighted by Gasteiger charge is -2.37. The summed E-state index contributed by atoms with van der Waals surface area (Å²) >= 11 is 1.79. The molecule has 0 amide bonds. The first-order valence-corrected chi connectivity index (χ1v) is 7.48. The van der Waals surface area contributed by atoms with Gasteiger partial charge in [-0.1, -0.05) is 13.3 Å². The molecule has 0 aromatic carbocycles. The standard InChI is InChI=1S/C13H23N3S/c1-4-11-6-5-10(2)16(8-11)13-15-12(7-14-3)9-17-13/h9-11,14H,4-8H2,1-3H3. The number of nitrogens with zero attached hydrogens (tertiary/aromatic N) is 2. The molecule has 0 saturated carbocycles. The van der Waals surface area contributed by atoms with Gasteiger partial charge in [0.2, 0.25) is 0 Å². The quantitative estimate of drug-likeness (QED) is 0.894. The van der Waals surface area contributed by atoms with Gasteiger partial charge in [0.05, 0.1) is 5.69 Å². The third kappa shape index (κ3) is 2.99. The Morgan fingerprint density at radius 1 is 1.53 bits per heavy atom. The summed E-state index contributed by atoms with van der Waals surface area (Å²) < 4.78 is 0. The van der Waals surface area contributed by atoms with E-state index in [1.165, 1.54) is 36.6 Å². The number of thiazole rings is 1. The maximum absolute atomic E-state index is 4.72. The van der Waals surface area contributed by atoms with Crippen LogP contribution in [0.15, 0.2) is 5.38 Å². The molecule has 2 rings (SSSR count). The number of rotatable bonds is 4. The van der Waals surface area contributed by atoms with Gasteiger partial charge in [-0.25, -0.2) is 4.98 Å². The minimum Gasteiger partial charge on any atom is -0.345 e. The van der Waals surface area contributed by atoms with Gasteiger partial charge in [-0.15, -0.1) is 11.3 Å². The Bertz CT molecular complexity index is 350. The first-order valence-electron chi connectivity index (χ1n) is 6.60. The fraction of sp³-hybridized carbons (Fsp3) is 0.769. The lowest BCUT2D eigenvalue weighted by Crippen LogP contribution is -2.41. The molecule has 1 aliphatic rings. The van der Waals surface area contributed by atoms with E-state index in [4.69, 9.17) is 4.98 Å². The van der Waals surface area contributed by atoms with Crippen molar-refractivity contribution in [2.24, 2.45) is 5.92 Å². The second kappa shape index (κ2) is 5.83. The number of anilines is 1. The highest BCUT2D eigenvalue weighted by atomic mass is 32.1. The lowest BCUT2D eigenvalue weighted by molar-refractivity contribution is 0.359. The zero-order valence-electron chi connectivity index (χ0n) is 11.1. The Kier molecular flexibility index (Phi) is 4.40. The van der Waals surface area contributed by atoms with Crippen molar-refractivity contribution >= 4 is 16.5 Å². The van der Waals surface area contributed by atoms with E-state index in [1.807, 2.05) is 7.05 Å². The minimum atomic E-state index is 0.645. The van der Waals surface area contributed by atoms with E-state index >= 15 is 0 Å². The van der Waals surface area contributed by atoms with E-state index < -0.39 is 0 Å². The smallest absolute Gasteiger partial charge is 0.185 e. The highest BCUT2D eigenvalue weighted by Crippen LogP contribution is 2.31. The number of aromatic nitrogens is 1. The summed E-state index contributed by atoms with van der Waals surface area (Å²) in [5.74, 6) is 0.850. The SMILES string of the molecule is CCC1CCC(C)N(c2nc(CNC)cs2)C1. The molecular formula is C13H23N3S. The van der Waals surface area contributed by atoms with E-state index in [0.717, 1.165) is 12.5 Å². The second-order valence-electron chi connectivity index (χ2n) is 5.00. The molecule has 0 radical (unpaired) electrons. The summed E-state index contributed by atoms with van der Waals surface area (Å²) in [4.78, 5) is 7.23. The van der Waals surface area contributed by atoms with Crippen LogP contribution in [0.25, 0.3) is 0 Å². The predicted octanol–water partition coefficient (Wildman–Crippen LogP) is 2.88. The molecular weight excluding hydrogens is 230 g/mol. The second-order valence-corrected chi connectivity index (χ2v) is 5.84. The van der Waals surface area contributed by atoms with Gasteiger partial charge >= 0.3 is 0 Å². The van der Waals surface area contributed by atoms with E-state index in [0.29, 0.717) is 6.04 Å². The molecule has 1 aromatic rings. The molecule has 96 valence electrons. The third-order valence-electron chi connectivity index (χ3n) is 3.70. The van der Waals surface area contributed by atoms with Crippen LogP contribution in [0.4, 0.5) is 5.13 Å². The van der Waals surface area contributed by atoms with Gasteiger partial charge in [-0.05, 0) is 32.7 Å². The molecule has 0 aliphatic carbocycles. The van der Waals surface area contributed by atoms with Crippen LogP contribution in [0.5, 0.6) is 0 Å². The van der Waals surface area contributed by atoms with E-state index in [-0.39, 0.29) is 0 Å². The highest BCUT2D eigenvalue weighted by molar-refractivity contribution is 7.13. The molecule has 1 aromatic heterocycles. The summed E-state index contributed by atoms with van der Waals surface area (Å²) in [5, 5.41) is 6.54. The molecule has 4 heteroatoms. The summed E-state index contributed by atoms with van der Waals surface area (Å²) in [6.45, 7) is 6.68. The van der Waals surface area contributed by atoms with Gasteiger partial charge in [-0.3, -0.25) is 0 Å². The maximum Gasteiger partial charge on any atom is 0.185 e. The van der Waals surface area contributed by atoms with Crippen LogP contribution in [0.2, 0.25) is 0 Å². The number of hydrogen-bond acceptors (Lipinski definition) is 4. The van der Waals surface area contributed by atoms with Gasteiger partial charge in [-0.2, -0.15) is 0 Å². The van der Waals surface area contributed by atoms with Crippen molar-refractivity contribution in [1.82, 2.24) is 10.3 Å². The number of piperidine rings is 1. The molecule has 0 bridgehead atoms. The Morgan fingerprint density at radius 3 is 3.06 bits per heavy atom. The van der Waals surface area contributed by atoms with E-state index in [1.54, 1.807) is 11.3 Å². The van der Waals surface area contributed by atoms with E-state index in [9.17, 15) is 0 Å². The Morgan fingerprint density at radius 2 is 2.35 bits per heavy atom. The molecule has 1 saturated heterocycles. The van der Waals surface area contributed by atoms with Gasteiger partial charge in [0, 0.05) is 24.5 Å². The van der Waals surface area contributed by atoms with Gasteiger partial charge < -0.3 is 10.2 Å². The zero-order valence-corrected chi connectivity index (χ0v) is 11.9. The topological polar surface area (TPSA) is 28.2 Å². The van der Waals surface area contributed by atoms with Crippen molar-refractivity contribution in [2.75, 3.05) is 18.5 Å². The fourth-order valence-electron chi connectivity index (χ4n) is 2.47. The van der Waals surface area contributed by atoms with Gasteiger partial charge in [0.1, 0.15) is 0 Å². The predicted molar refractivity (Wildman–Crippen MR) is 74.7 cm³/mol. The van der Waals surface area contributed by atoms with Crippen LogP contribution in [0.1, 0.15) is 38.8 Å². The van der Waals surface area contributed by atoms with Crippen molar-refractivity contribution in [3.05, 3.63) is 11.1 Å². The van der Waals surface area contributed by atoms with Crippen LogP contribution in [0.3, 0.4) is 0 Å². The molecule has 1 N–H and O–H groups in total. The third-order valence-corrected chi connectivity index (χ3v) is 4.63.